The van der Waals surface area contributed by atoms with Gasteiger partial charge in [-0.2, -0.15) is 0 Å². The third-order valence-corrected chi connectivity index (χ3v) is 3.31. The van der Waals surface area contributed by atoms with Crippen molar-refractivity contribution in [1.82, 2.24) is 5.32 Å². The fourth-order valence-electron chi connectivity index (χ4n) is 1.05. The molecule has 1 rings (SSSR count). The first kappa shape index (κ1) is 13.0. The quantitative estimate of drug-likeness (QED) is 0.854. The summed E-state index contributed by atoms with van der Waals surface area (Å²) in [6, 6.07) is 3.30. The van der Waals surface area contributed by atoms with Crippen LogP contribution >= 0.6 is 22.9 Å². The molecule has 1 unspecified atom stereocenters. The number of amides is 1. The lowest BCUT2D eigenvalue weighted by atomic mass is 10.1. The predicted octanol–water partition coefficient (Wildman–Crippen LogP) is 2.24. The average Bonchev–Trinajstić information content (AvgIpc) is 2.64. The van der Waals surface area contributed by atoms with E-state index in [1.165, 1.54) is 11.3 Å². The summed E-state index contributed by atoms with van der Waals surface area (Å²) in [4.78, 5) is 22.6. The lowest BCUT2D eigenvalue weighted by Gasteiger charge is -2.06. The zero-order valence-electron chi connectivity index (χ0n) is 8.70. The van der Waals surface area contributed by atoms with E-state index >= 15 is 0 Å². The molecule has 0 bridgehead atoms. The summed E-state index contributed by atoms with van der Waals surface area (Å²) in [5.74, 6) is -1.52. The molecule has 1 aromatic heterocycles. The molecule has 0 fully saturated rings. The van der Waals surface area contributed by atoms with Gasteiger partial charge in [0.1, 0.15) is 0 Å². The number of nitrogens with one attached hydrogen (secondary N) is 1. The minimum atomic E-state index is -0.853. The Labute approximate surface area is 102 Å². The molecule has 0 aliphatic carbocycles. The third-order valence-electron chi connectivity index (χ3n) is 2.08. The summed E-state index contributed by atoms with van der Waals surface area (Å²) >= 11 is 6.89. The number of hydrogen-bond donors (Lipinski definition) is 2. The largest absolute Gasteiger partial charge is 0.481 e. The van der Waals surface area contributed by atoms with Crippen LogP contribution in [0, 0.1) is 5.92 Å². The lowest BCUT2D eigenvalue weighted by molar-refractivity contribution is -0.141. The van der Waals surface area contributed by atoms with Gasteiger partial charge in [0.25, 0.3) is 5.91 Å². The summed E-state index contributed by atoms with van der Waals surface area (Å²) in [5, 5.41) is 11.3. The van der Waals surface area contributed by atoms with E-state index < -0.39 is 11.9 Å². The molecule has 1 aromatic rings. The molecule has 0 saturated heterocycles. The van der Waals surface area contributed by atoms with Crippen molar-refractivity contribution in [2.75, 3.05) is 6.54 Å². The Bertz CT molecular complexity index is 391. The van der Waals surface area contributed by atoms with E-state index in [0.717, 1.165) is 0 Å². The zero-order chi connectivity index (χ0) is 12.1. The van der Waals surface area contributed by atoms with E-state index in [1.54, 1.807) is 19.1 Å². The topological polar surface area (TPSA) is 66.4 Å². The van der Waals surface area contributed by atoms with Crippen LogP contribution in [0.25, 0.3) is 0 Å². The van der Waals surface area contributed by atoms with Crippen molar-refractivity contribution >= 4 is 34.8 Å². The second kappa shape index (κ2) is 5.86. The smallest absolute Gasteiger partial charge is 0.306 e. The van der Waals surface area contributed by atoms with E-state index in [4.69, 9.17) is 16.7 Å². The van der Waals surface area contributed by atoms with Crippen LogP contribution in [0.15, 0.2) is 12.1 Å². The second-order valence-electron chi connectivity index (χ2n) is 3.39. The molecular weight excluding hydrogens is 250 g/mol. The maximum Gasteiger partial charge on any atom is 0.306 e. The molecular formula is C10H12ClNO3S. The van der Waals surface area contributed by atoms with Crippen molar-refractivity contribution < 1.29 is 14.7 Å². The third kappa shape index (κ3) is 3.83. The van der Waals surface area contributed by atoms with Crippen LogP contribution in [0.1, 0.15) is 23.0 Å². The molecule has 0 aliphatic heterocycles. The SMILES string of the molecule is CC(CCNC(=O)c1ccc(Cl)s1)C(=O)O. The number of carboxylic acids is 1. The van der Waals surface area contributed by atoms with Gasteiger partial charge in [0.2, 0.25) is 0 Å². The Morgan fingerprint density at radius 3 is 2.75 bits per heavy atom. The highest BCUT2D eigenvalue weighted by Crippen LogP contribution is 2.21. The van der Waals surface area contributed by atoms with Crippen LogP contribution in [0.2, 0.25) is 4.34 Å². The van der Waals surface area contributed by atoms with Crippen LogP contribution in [0.3, 0.4) is 0 Å². The van der Waals surface area contributed by atoms with Gasteiger partial charge in [0.05, 0.1) is 15.1 Å². The lowest BCUT2D eigenvalue weighted by Crippen LogP contribution is -2.26. The summed E-state index contributed by atoms with van der Waals surface area (Å²) < 4.78 is 0.559. The van der Waals surface area contributed by atoms with Gasteiger partial charge in [-0.05, 0) is 18.6 Å². The minimum Gasteiger partial charge on any atom is -0.481 e. The number of halogens is 1. The van der Waals surface area contributed by atoms with Crippen molar-refractivity contribution in [3.05, 3.63) is 21.3 Å². The van der Waals surface area contributed by atoms with E-state index in [2.05, 4.69) is 5.32 Å². The fourth-order valence-corrected chi connectivity index (χ4v) is 2.01. The normalized spacial score (nSPS) is 12.1. The fraction of sp³-hybridized carbons (Fsp3) is 0.400. The Morgan fingerprint density at radius 1 is 1.56 bits per heavy atom. The molecule has 88 valence electrons. The highest BCUT2D eigenvalue weighted by Gasteiger charge is 2.12. The molecule has 0 aromatic carbocycles. The van der Waals surface area contributed by atoms with Crippen molar-refractivity contribution in [2.24, 2.45) is 5.92 Å². The van der Waals surface area contributed by atoms with Crippen LogP contribution < -0.4 is 5.32 Å². The van der Waals surface area contributed by atoms with Crippen LogP contribution in [-0.2, 0) is 4.79 Å². The number of rotatable bonds is 5. The number of thiophene rings is 1. The van der Waals surface area contributed by atoms with Crippen LogP contribution in [0.5, 0.6) is 0 Å². The van der Waals surface area contributed by atoms with E-state index in [1.807, 2.05) is 0 Å². The Hall–Kier alpha value is -1.07. The molecule has 1 heterocycles. The maximum atomic E-state index is 11.5. The van der Waals surface area contributed by atoms with Gasteiger partial charge < -0.3 is 10.4 Å². The van der Waals surface area contributed by atoms with Crippen molar-refractivity contribution in [3.63, 3.8) is 0 Å². The predicted molar refractivity (Wildman–Crippen MR) is 63.1 cm³/mol. The van der Waals surface area contributed by atoms with Gasteiger partial charge >= 0.3 is 5.97 Å². The first-order valence-corrected chi connectivity index (χ1v) is 5.96. The molecule has 0 saturated carbocycles. The molecule has 6 heteroatoms. The van der Waals surface area contributed by atoms with Gasteiger partial charge in [-0.3, -0.25) is 9.59 Å². The number of carboxylic acid groups (broad SMARTS) is 1. The molecule has 0 spiro atoms. The van der Waals surface area contributed by atoms with Gasteiger partial charge in [0, 0.05) is 6.54 Å². The highest BCUT2D eigenvalue weighted by atomic mass is 35.5. The monoisotopic (exact) mass is 261 g/mol. The molecule has 1 atom stereocenters. The Morgan fingerprint density at radius 2 is 2.25 bits per heavy atom. The first-order valence-electron chi connectivity index (χ1n) is 4.77. The van der Waals surface area contributed by atoms with Crippen LogP contribution in [0.4, 0.5) is 0 Å². The van der Waals surface area contributed by atoms with E-state index in [0.29, 0.717) is 22.2 Å². The molecule has 0 radical (unpaired) electrons. The minimum absolute atomic E-state index is 0.213. The molecule has 16 heavy (non-hydrogen) atoms. The summed E-state index contributed by atoms with van der Waals surface area (Å²) in [6.07, 6.45) is 0.417. The Balaban J connectivity index is 2.34. The second-order valence-corrected chi connectivity index (χ2v) is 5.10. The van der Waals surface area contributed by atoms with Crippen molar-refractivity contribution in [2.45, 2.75) is 13.3 Å². The summed E-state index contributed by atoms with van der Waals surface area (Å²) in [6.45, 7) is 1.96. The molecule has 4 nitrogen and oxygen atoms in total. The molecule has 2 N–H and O–H groups in total. The summed E-state index contributed by atoms with van der Waals surface area (Å²) in [5.41, 5.74) is 0. The van der Waals surface area contributed by atoms with Gasteiger partial charge in [-0.1, -0.05) is 18.5 Å². The maximum absolute atomic E-state index is 11.5. The van der Waals surface area contributed by atoms with Crippen LogP contribution in [-0.4, -0.2) is 23.5 Å². The van der Waals surface area contributed by atoms with Crippen molar-refractivity contribution in [3.8, 4) is 0 Å². The standard InChI is InChI=1S/C10H12ClNO3S/c1-6(10(14)15)4-5-12-9(13)7-2-3-8(11)16-7/h2-3,6H,4-5H2,1H3,(H,12,13)(H,14,15). The van der Waals surface area contributed by atoms with E-state index in [9.17, 15) is 9.59 Å². The van der Waals surface area contributed by atoms with Gasteiger partial charge in [-0.25, -0.2) is 0 Å². The average molecular weight is 262 g/mol. The van der Waals surface area contributed by atoms with Gasteiger partial charge in [-0.15, -0.1) is 11.3 Å². The van der Waals surface area contributed by atoms with Crippen molar-refractivity contribution in [1.29, 1.82) is 0 Å². The Kier molecular flexibility index (Phi) is 4.76. The van der Waals surface area contributed by atoms with Gasteiger partial charge in [0.15, 0.2) is 0 Å². The summed E-state index contributed by atoms with van der Waals surface area (Å²) in [7, 11) is 0. The molecule has 1 amide bonds. The number of hydrogen-bond acceptors (Lipinski definition) is 3. The highest BCUT2D eigenvalue weighted by molar-refractivity contribution is 7.17. The first-order chi connectivity index (χ1) is 7.50. The number of carbonyl (C=O) groups is 2. The van der Waals surface area contributed by atoms with E-state index in [-0.39, 0.29) is 5.91 Å². The number of aliphatic carboxylic acids is 1. The molecule has 0 aliphatic rings. The number of carbonyl (C=O) groups excluding carboxylic acids is 1. The zero-order valence-corrected chi connectivity index (χ0v) is 10.3.